The van der Waals surface area contributed by atoms with E-state index in [1.165, 1.54) is 16.7 Å². The van der Waals surface area contributed by atoms with Crippen LogP contribution in [0.5, 0.6) is 0 Å². The highest BCUT2D eigenvalue weighted by Gasteiger charge is 2.06. The van der Waals surface area contributed by atoms with E-state index in [4.69, 9.17) is 0 Å². The summed E-state index contributed by atoms with van der Waals surface area (Å²) in [7, 11) is 0. The van der Waals surface area contributed by atoms with Crippen LogP contribution in [0.25, 0.3) is 0 Å². The van der Waals surface area contributed by atoms with Crippen molar-refractivity contribution < 1.29 is 8.33 Å². The van der Waals surface area contributed by atoms with E-state index in [1.54, 1.807) is 0 Å². The third-order valence-electron chi connectivity index (χ3n) is 3.85. The van der Waals surface area contributed by atoms with E-state index in [9.17, 15) is 0 Å². The number of hydrogen-bond acceptors (Lipinski definition) is 4. The summed E-state index contributed by atoms with van der Waals surface area (Å²) < 4.78 is 0. The monoisotopic (exact) mass is 370 g/mol. The third-order valence-corrected chi connectivity index (χ3v) is 3.85. The second kappa shape index (κ2) is 10.3. The lowest BCUT2D eigenvalue weighted by Crippen LogP contribution is -2.03. The van der Waals surface area contributed by atoms with Crippen LogP contribution < -0.4 is 10.6 Å². The molecule has 0 radical (unpaired) electrons. The highest BCUT2D eigenvalue weighted by atomic mass is 16.0. The number of anilines is 4. The molecule has 4 N–H and O–H groups in total. The standard InChI is InChI=1S/C20H22N4.C2H6.H2O.2H2/c1-13-9-14(2)11-17(10-13)22-20-21-12-16(4)19(24-20)23-18-8-6-5-7-15(18)3;1-2;;;/h5-12H,1-4H3,(H2,21,22,23,24);1-2H3;1H2;2*1H. The van der Waals surface area contributed by atoms with E-state index in [0.29, 0.717) is 5.95 Å². The van der Waals surface area contributed by atoms with Gasteiger partial charge in [0.15, 0.2) is 0 Å². The Bertz CT molecular complexity index is 868. The second-order valence-corrected chi connectivity index (χ2v) is 6.17. The average Bonchev–Trinajstić information content (AvgIpc) is 2.61. The number of hydrogen-bond donors (Lipinski definition) is 2. The van der Waals surface area contributed by atoms with Gasteiger partial charge in [0, 0.05) is 26.0 Å². The van der Waals surface area contributed by atoms with E-state index < -0.39 is 0 Å². The van der Waals surface area contributed by atoms with Gasteiger partial charge in [-0.25, -0.2) is 4.98 Å². The highest BCUT2D eigenvalue weighted by Crippen LogP contribution is 2.23. The number of nitrogens with one attached hydrogen (secondary N) is 2. The first-order valence-electron chi connectivity index (χ1n) is 9.03. The quantitative estimate of drug-likeness (QED) is 0.600. The van der Waals surface area contributed by atoms with Crippen LogP contribution in [0.1, 0.15) is 39.0 Å². The summed E-state index contributed by atoms with van der Waals surface area (Å²) in [5.41, 5.74) is 6.66. The minimum Gasteiger partial charge on any atom is -0.412 e. The Morgan fingerprint density at radius 2 is 1.44 bits per heavy atom. The molecule has 0 spiro atoms. The molecule has 0 aliphatic carbocycles. The van der Waals surface area contributed by atoms with Crippen molar-refractivity contribution >= 4 is 23.1 Å². The zero-order valence-electron chi connectivity index (χ0n) is 17.0. The largest absolute Gasteiger partial charge is 0.412 e. The van der Waals surface area contributed by atoms with E-state index in [1.807, 2.05) is 45.2 Å². The Balaban J connectivity index is 0. The normalized spacial score (nSPS) is 9.56. The summed E-state index contributed by atoms with van der Waals surface area (Å²) in [5.74, 6) is 1.40. The molecule has 5 heteroatoms. The van der Waals surface area contributed by atoms with Crippen molar-refractivity contribution in [2.45, 2.75) is 41.5 Å². The lowest BCUT2D eigenvalue weighted by molar-refractivity contribution is 0.824. The van der Waals surface area contributed by atoms with Crippen LogP contribution in [-0.2, 0) is 0 Å². The number of nitrogens with zero attached hydrogens (tertiary/aromatic N) is 2. The molecule has 0 saturated heterocycles. The van der Waals surface area contributed by atoms with Crippen molar-refractivity contribution in [1.82, 2.24) is 9.97 Å². The fourth-order valence-corrected chi connectivity index (χ4v) is 2.65. The van der Waals surface area contributed by atoms with Gasteiger partial charge in [-0.3, -0.25) is 0 Å². The maximum absolute atomic E-state index is 4.63. The van der Waals surface area contributed by atoms with Crippen molar-refractivity contribution in [1.29, 1.82) is 0 Å². The van der Waals surface area contributed by atoms with Crippen molar-refractivity contribution in [3.63, 3.8) is 0 Å². The maximum atomic E-state index is 4.63. The van der Waals surface area contributed by atoms with Crippen LogP contribution in [0.3, 0.4) is 0 Å². The fraction of sp³-hybridized carbons (Fsp3) is 0.273. The molecule has 0 unspecified atom stereocenters. The Morgan fingerprint density at radius 3 is 2.07 bits per heavy atom. The van der Waals surface area contributed by atoms with Crippen LogP contribution in [0, 0.1) is 27.7 Å². The lowest BCUT2D eigenvalue weighted by atomic mass is 10.1. The van der Waals surface area contributed by atoms with Crippen LogP contribution >= 0.6 is 0 Å². The molecule has 5 nitrogen and oxygen atoms in total. The highest BCUT2D eigenvalue weighted by molar-refractivity contribution is 5.64. The molecule has 0 atom stereocenters. The van der Waals surface area contributed by atoms with Gasteiger partial charge in [0.25, 0.3) is 0 Å². The number of aromatic nitrogens is 2. The molecule has 0 amide bonds. The number of benzene rings is 2. The summed E-state index contributed by atoms with van der Waals surface area (Å²) >= 11 is 0. The molecule has 0 bridgehead atoms. The van der Waals surface area contributed by atoms with E-state index in [0.717, 1.165) is 22.8 Å². The van der Waals surface area contributed by atoms with E-state index >= 15 is 0 Å². The molecule has 3 rings (SSSR count). The van der Waals surface area contributed by atoms with Gasteiger partial charge in [0.1, 0.15) is 5.82 Å². The van der Waals surface area contributed by atoms with Gasteiger partial charge < -0.3 is 16.1 Å². The van der Waals surface area contributed by atoms with Crippen LogP contribution in [0.2, 0.25) is 0 Å². The first kappa shape index (κ1) is 22.1. The molecule has 0 aliphatic rings. The average molecular weight is 371 g/mol. The van der Waals surface area contributed by atoms with Crippen molar-refractivity contribution in [2.24, 2.45) is 0 Å². The Kier molecular flexibility index (Phi) is 8.42. The first-order chi connectivity index (χ1) is 12.5. The molecular formula is C22H34N4O. The molecule has 0 saturated carbocycles. The molecular weight excluding hydrogens is 336 g/mol. The van der Waals surface area contributed by atoms with Crippen LogP contribution in [0.15, 0.2) is 48.7 Å². The third kappa shape index (κ3) is 6.08. The second-order valence-electron chi connectivity index (χ2n) is 6.17. The van der Waals surface area contributed by atoms with Crippen molar-refractivity contribution in [3.05, 3.63) is 70.9 Å². The molecule has 2 aromatic carbocycles. The minimum atomic E-state index is 0. The van der Waals surface area contributed by atoms with Gasteiger partial charge in [0.2, 0.25) is 5.95 Å². The number of rotatable bonds is 4. The smallest absolute Gasteiger partial charge is 0.229 e. The lowest BCUT2D eigenvalue weighted by Gasteiger charge is -2.13. The first-order valence-corrected chi connectivity index (χ1v) is 9.03. The summed E-state index contributed by atoms with van der Waals surface area (Å²) in [6.45, 7) is 12.2. The molecule has 1 heterocycles. The van der Waals surface area contributed by atoms with Crippen molar-refractivity contribution in [2.75, 3.05) is 10.6 Å². The maximum Gasteiger partial charge on any atom is 0.229 e. The molecule has 0 aliphatic heterocycles. The zero-order chi connectivity index (χ0) is 19.1. The van der Waals surface area contributed by atoms with Gasteiger partial charge in [0.05, 0.1) is 0 Å². The summed E-state index contributed by atoms with van der Waals surface area (Å²) in [4.78, 5) is 9.03. The molecule has 148 valence electrons. The molecule has 0 fully saturated rings. The Morgan fingerprint density at radius 1 is 0.815 bits per heavy atom. The van der Waals surface area contributed by atoms with Gasteiger partial charge in [-0.05, 0) is 62.6 Å². The van der Waals surface area contributed by atoms with Gasteiger partial charge in [-0.1, -0.05) is 38.1 Å². The van der Waals surface area contributed by atoms with E-state index in [-0.39, 0.29) is 8.33 Å². The topological polar surface area (TPSA) is 81.3 Å². The predicted octanol–water partition coefficient (Wildman–Crippen LogP) is 5.89. The fourth-order valence-electron chi connectivity index (χ4n) is 2.65. The van der Waals surface area contributed by atoms with Gasteiger partial charge >= 0.3 is 0 Å². The van der Waals surface area contributed by atoms with Crippen LogP contribution in [0.4, 0.5) is 23.1 Å². The van der Waals surface area contributed by atoms with E-state index in [2.05, 4.69) is 65.6 Å². The zero-order valence-corrected chi connectivity index (χ0v) is 17.0. The summed E-state index contributed by atoms with van der Waals surface area (Å²) in [6, 6.07) is 14.5. The molecule has 3 aromatic rings. The van der Waals surface area contributed by atoms with Gasteiger partial charge in [-0.15, -0.1) is 0 Å². The van der Waals surface area contributed by atoms with Crippen molar-refractivity contribution in [3.8, 4) is 0 Å². The Labute approximate surface area is 165 Å². The molecule has 1 aromatic heterocycles. The van der Waals surface area contributed by atoms with Crippen LogP contribution in [-0.4, -0.2) is 15.4 Å². The minimum absolute atomic E-state index is 0. The Hall–Kier alpha value is -2.92. The summed E-state index contributed by atoms with van der Waals surface area (Å²) in [6.07, 6.45) is 1.83. The molecule has 27 heavy (non-hydrogen) atoms. The summed E-state index contributed by atoms with van der Waals surface area (Å²) in [5, 5.41) is 6.69. The van der Waals surface area contributed by atoms with Gasteiger partial charge in [-0.2, -0.15) is 4.98 Å². The number of aryl methyl sites for hydroxylation is 4. The predicted molar refractivity (Wildman–Crippen MR) is 120 cm³/mol. The SMILES string of the molecule is CC.Cc1cc(C)cc(Nc2ncc(C)c(Nc3ccccc3C)n2)c1.O.[HH].[HH]. The number of para-hydroxylation sites is 1.